The molecule has 37 heavy (non-hydrogen) atoms. The van der Waals surface area contributed by atoms with E-state index >= 15 is 0 Å². The van der Waals surface area contributed by atoms with E-state index in [0.29, 0.717) is 28.1 Å². The van der Waals surface area contributed by atoms with Gasteiger partial charge < -0.3 is 0 Å². The summed E-state index contributed by atoms with van der Waals surface area (Å²) in [5, 5.41) is 11.8. The molecule has 1 heterocycles. The van der Waals surface area contributed by atoms with E-state index in [0.717, 1.165) is 38.6 Å². The number of rotatable bonds is 4. The highest BCUT2D eigenvalue weighted by Gasteiger charge is 2.17. The minimum Gasteiger partial charge on any atom is -0.208 e. The van der Waals surface area contributed by atoms with Crippen molar-refractivity contribution in [1.82, 2.24) is 15.0 Å². The van der Waals surface area contributed by atoms with Gasteiger partial charge in [-0.25, -0.2) is 15.0 Å². The van der Waals surface area contributed by atoms with Crippen LogP contribution in [-0.2, 0) is 0 Å². The van der Waals surface area contributed by atoms with Crippen molar-refractivity contribution in [1.29, 1.82) is 5.26 Å². The maximum absolute atomic E-state index is 9.14. The molecular formula is C32H19ClN4. The highest BCUT2D eigenvalue weighted by atomic mass is 35.5. The van der Waals surface area contributed by atoms with Gasteiger partial charge in [0.1, 0.15) is 0 Å². The Hall–Kier alpha value is -4.85. The Morgan fingerprint density at radius 1 is 0.541 bits per heavy atom. The molecule has 0 amide bonds. The molecule has 174 valence electrons. The first-order valence-corrected chi connectivity index (χ1v) is 12.2. The van der Waals surface area contributed by atoms with Crippen LogP contribution in [0.4, 0.5) is 0 Å². The summed E-state index contributed by atoms with van der Waals surface area (Å²) in [6.45, 7) is 0. The van der Waals surface area contributed by atoms with Crippen molar-refractivity contribution in [3.63, 3.8) is 0 Å². The molecule has 0 aliphatic rings. The zero-order valence-electron chi connectivity index (χ0n) is 19.6. The minimum atomic E-state index is 0.523. The van der Waals surface area contributed by atoms with Gasteiger partial charge in [-0.05, 0) is 46.2 Å². The molecule has 6 rings (SSSR count). The van der Waals surface area contributed by atoms with Crippen LogP contribution in [0.5, 0.6) is 0 Å². The number of nitriles is 1. The Labute approximate surface area is 219 Å². The number of nitrogens with zero attached hydrogens (tertiary/aromatic N) is 4. The van der Waals surface area contributed by atoms with Gasteiger partial charge in [0.25, 0.3) is 0 Å². The summed E-state index contributed by atoms with van der Waals surface area (Å²) in [6, 6.07) is 39.6. The third kappa shape index (κ3) is 4.45. The van der Waals surface area contributed by atoms with Gasteiger partial charge in [0, 0.05) is 16.7 Å². The van der Waals surface area contributed by atoms with Gasteiger partial charge in [-0.15, -0.1) is 0 Å². The van der Waals surface area contributed by atoms with E-state index in [-0.39, 0.29) is 0 Å². The molecular weight excluding hydrogens is 476 g/mol. The molecule has 0 aliphatic carbocycles. The van der Waals surface area contributed by atoms with Crippen LogP contribution in [-0.4, -0.2) is 15.0 Å². The molecule has 4 nitrogen and oxygen atoms in total. The quantitative estimate of drug-likeness (QED) is 0.247. The van der Waals surface area contributed by atoms with Gasteiger partial charge in [0.2, 0.25) is 0 Å². The summed E-state index contributed by atoms with van der Waals surface area (Å²) < 4.78 is 0. The second kappa shape index (κ2) is 9.66. The predicted molar refractivity (Wildman–Crippen MR) is 149 cm³/mol. The Kier molecular flexibility index (Phi) is 5.90. The SMILES string of the molecule is N#Cc1ccc(-c2cccc(-c3nc(-c4ccccc4)nc(-c4c(Cl)ccc5ccccc45)n3)c2)cc1. The highest BCUT2D eigenvalue weighted by Crippen LogP contribution is 2.35. The topological polar surface area (TPSA) is 62.5 Å². The standard InChI is InChI=1S/C32H19ClN4/c33-28-18-17-23-7-4-5-12-27(23)29(28)32-36-30(24-8-2-1-3-9-24)35-31(37-32)26-11-6-10-25(19-26)22-15-13-21(20-34)14-16-22/h1-19H. The van der Waals surface area contributed by atoms with Crippen LogP contribution in [0.3, 0.4) is 0 Å². The number of hydrogen-bond donors (Lipinski definition) is 0. The molecule has 0 saturated heterocycles. The van der Waals surface area contributed by atoms with Gasteiger partial charge in [0.05, 0.1) is 16.7 Å². The van der Waals surface area contributed by atoms with Crippen LogP contribution in [0.2, 0.25) is 5.02 Å². The van der Waals surface area contributed by atoms with Crippen LogP contribution in [0.25, 0.3) is 56.1 Å². The van der Waals surface area contributed by atoms with E-state index in [1.807, 2.05) is 103 Å². The largest absolute Gasteiger partial charge is 0.208 e. The zero-order chi connectivity index (χ0) is 25.2. The minimum absolute atomic E-state index is 0.523. The fraction of sp³-hybridized carbons (Fsp3) is 0. The lowest BCUT2D eigenvalue weighted by molar-refractivity contribution is 1.08. The highest BCUT2D eigenvalue weighted by molar-refractivity contribution is 6.34. The maximum Gasteiger partial charge on any atom is 0.166 e. The molecule has 0 N–H and O–H groups in total. The number of benzene rings is 5. The Morgan fingerprint density at radius 2 is 1.19 bits per heavy atom. The maximum atomic E-state index is 9.14. The third-order valence-corrected chi connectivity index (χ3v) is 6.55. The molecule has 0 fully saturated rings. The Balaban J connectivity index is 1.56. The summed E-state index contributed by atoms with van der Waals surface area (Å²) in [5.41, 5.74) is 5.18. The van der Waals surface area contributed by atoms with E-state index in [9.17, 15) is 0 Å². The van der Waals surface area contributed by atoms with E-state index in [2.05, 4.69) is 18.2 Å². The third-order valence-electron chi connectivity index (χ3n) is 6.24. The van der Waals surface area contributed by atoms with Crippen LogP contribution < -0.4 is 0 Å². The molecule has 0 saturated carbocycles. The summed E-state index contributed by atoms with van der Waals surface area (Å²) in [5.74, 6) is 1.66. The van der Waals surface area contributed by atoms with E-state index in [4.69, 9.17) is 31.8 Å². The Morgan fingerprint density at radius 3 is 1.97 bits per heavy atom. The van der Waals surface area contributed by atoms with E-state index in [1.165, 1.54) is 0 Å². The number of halogens is 1. The smallest absolute Gasteiger partial charge is 0.166 e. The molecule has 5 heteroatoms. The van der Waals surface area contributed by atoms with Crippen LogP contribution in [0, 0.1) is 11.3 Å². The number of fused-ring (bicyclic) bond motifs is 1. The van der Waals surface area contributed by atoms with Gasteiger partial charge in [0.15, 0.2) is 17.5 Å². The summed E-state index contributed by atoms with van der Waals surface area (Å²) in [4.78, 5) is 14.7. The molecule has 1 aromatic heterocycles. The lowest BCUT2D eigenvalue weighted by Gasteiger charge is -2.12. The van der Waals surface area contributed by atoms with Crippen molar-refractivity contribution in [3.05, 3.63) is 126 Å². The second-order valence-corrected chi connectivity index (χ2v) is 8.99. The zero-order valence-corrected chi connectivity index (χ0v) is 20.4. The molecule has 0 radical (unpaired) electrons. The first-order valence-electron chi connectivity index (χ1n) is 11.8. The summed E-state index contributed by atoms with van der Waals surface area (Å²) in [7, 11) is 0. The first-order chi connectivity index (χ1) is 18.2. The van der Waals surface area contributed by atoms with Crippen LogP contribution >= 0.6 is 11.6 Å². The lowest BCUT2D eigenvalue weighted by atomic mass is 10.0. The van der Waals surface area contributed by atoms with E-state index in [1.54, 1.807) is 0 Å². The molecule has 0 atom stereocenters. The average molecular weight is 495 g/mol. The molecule has 0 unspecified atom stereocenters. The van der Waals surface area contributed by atoms with Crippen molar-refractivity contribution < 1.29 is 0 Å². The van der Waals surface area contributed by atoms with E-state index < -0.39 is 0 Å². The van der Waals surface area contributed by atoms with Gasteiger partial charge in [-0.2, -0.15) is 5.26 Å². The Bertz CT molecular complexity index is 1790. The van der Waals surface area contributed by atoms with Crippen molar-refractivity contribution in [2.24, 2.45) is 0 Å². The monoisotopic (exact) mass is 494 g/mol. The van der Waals surface area contributed by atoms with Crippen molar-refractivity contribution in [2.45, 2.75) is 0 Å². The molecule has 5 aromatic carbocycles. The van der Waals surface area contributed by atoms with Crippen molar-refractivity contribution in [2.75, 3.05) is 0 Å². The van der Waals surface area contributed by atoms with Gasteiger partial charge in [-0.3, -0.25) is 0 Å². The average Bonchev–Trinajstić information content (AvgIpc) is 2.97. The number of aromatic nitrogens is 3. The van der Waals surface area contributed by atoms with Gasteiger partial charge >= 0.3 is 0 Å². The molecule has 0 spiro atoms. The lowest BCUT2D eigenvalue weighted by Crippen LogP contribution is -2.01. The fourth-order valence-corrected chi connectivity index (χ4v) is 4.63. The summed E-state index contributed by atoms with van der Waals surface area (Å²) >= 11 is 6.74. The molecule has 6 aromatic rings. The van der Waals surface area contributed by atoms with Crippen molar-refractivity contribution in [3.8, 4) is 51.4 Å². The normalized spacial score (nSPS) is 10.8. The second-order valence-electron chi connectivity index (χ2n) is 8.59. The summed E-state index contributed by atoms with van der Waals surface area (Å²) in [6.07, 6.45) is 0. The molecule has 0 bridgehead atoms. The first kappa shape index (κ1) is 22.6. The van der Waals surface area contributed by atoms with Gasteiger partial charge in [-0.1, -0.05) is 103 Å². The van der Waals surface area contributed by atoms with Crippen LogP contribution in [0.1, 0.15) is 5.56 Å². The number of hydrogen-bond acceptors (Lipinski definition) is 4. The van der Waals surface area contributed by atoms with Crippen LogP contribution in [0.15, 0.2) is 115 Å². The predicted octanol–water partition coefficient (Wildman–Crippen LogP) is 8.22. The molecule has 0 aliphatic heterocycles. The fourth-order valence-electron chi connectivity index (χ4n) is 4.38. The van der Waals surface area contributed by atoms with Crippen molar-refractivity contribution >= 4 is 22.4 Å².